The van der Waals surface area contributed by atoms with Gasteiger partial charge in [-0.2, -0.15) is 0 Å². The molecule has 2 amide bonds. The van der Waals surface area contributed by atoms with Gasteiger partial charge in [-0.1, -0.05) is 0 Å². The Labute approximate surface area is 123 Å². The average Bonchev–Trinajstić information content (AvgIpc) is 3.37. The van der Waals surface area contributed by atoms with Crippen LogP contribution in [0.5, 0.6) is 0 Å². The van der Waals surface area contributed by atoms with E-state index < -0.39 is 0 Å². The Kier molecular flexibility index (Phi) is 3.92. The summed E-state index contributed by atoms with van der Waals surface area (Å²) in [5.41, 5.74) is 1.32. The number of carbonyl (C=O) groups is 2. The van der Waals surface area contributed by atoms with Crippen LogP contribution in [0.15, 0.2) is 24.3 Å². The second-order valence-corrected chi connectivity index (χ2v) is 5.79. The summed E-state index contributed by atoms with van der Waals surface area (Å²) in [6.45, 7) is 0.363. The van der Waals surface area contributed by atoms with Crippen LogP contribution in [-0.2, 0) is 4.79 Å². The molecule has 2 fully saturated rings. The first-order chi connectivity index (χ1) is 10.2. The average molecular weight is 288 g/mol. The highest BCUT2D eigenvalue weighted by molar-refractivity contribution is 5.97. The van der Waals surface area contributed by atoms with Crippen molar-refractivity contribution in [1.29, 1.82) is 0 Å². The molecule has 112 valence electrons. The van der Waals surface area contributed by atoms with Crippen molar-refractivity contribution in [3.05, 3.63) is 29.8 Å². The molecule has 2 aliphatic carbocycles. The number of carbonyl (C=O) groups excluding carboxylic acids is 2. The zero-order valence-corrected chi connectivity index (χ0v) is 11.9. The quantitative estimate of drug-likeness (QED) is 0.836. The van der Waals surface area contributed by atoms with Gasteiger partial charge in [-0.3, -0.25) is 9.59 Å². The predicted molar refractivity (Wildman–Crippen MR) is 78.9 cm³/mol. The van der Waals surface area contributed by atoms with Gasteiger partial charge < -0.3 is 15.3 Å². The Morgan fingerprint density at radius 1 is 1.14 bits per heavy atom. The lowest BCUT2D eigenvalue weighted by atomic mass is 10.1. The van der Waals surface area contributed by atoms with Gasteiger partial charge in [-0.05, 0) is 49.9 Å². The second kappa shape index (κ2) is 5.85. The lowest BCUT2D eigenvalue weighted by Gasteiger charge is -2.21. The number of anilines is 1. The van der Waals surface area contributed by atoms with Crippen molar-refractivity contribution < 1.29 is 14.7 Å². The van der Waals surface area contributed by atoms with E-state index in [4.69, 9.17) is 5.11 Å². The van der Waals surface area contributed by atoms with Crippen molar-refractivity contribution in [2.24, 2.45) is 5.92 Å². The van der Waals surface area contributed by atoms with Crippen LogP contribution in [0, 0.1) is 5.92 Å². The van der Waals surface area contributed by atoms with Crippen LogP contribution in [0.2, 0.25) is 0 Å². The van der Waals surface area contributed by atoms with Gasteiger partial charge in [0.2, 0.25) is 5.91 Å². The van der Waals surface area contributed by atoms with E-state index in [1.165, 1.54) is 0 Å². The van der Waals surface area contributed by atoms with Gasteiger partial charge in [0.15, 0.2) is 0 Å². The molecule has 2 N–H and O–H groups in total. The summed E-state index contributed by atoms with van der Waals surface area (Å²) >= 11 is 0. The third-order valence-corrected chi connectivity index (χ3v) is 3.94. The highest BCUT2D eigenvalue weighted by Gasteiger charge is 2.32. The molecular weight excluding hydrogens is 268 g/mol. The Balaban J connectivity index is 1.64. The summed E-state index contributed by atoms with van der Waals surface area (Å²) in [7, 11) is 0. The Hall–Kier alpha value is -1.88. The molecule has 21 heavy (non-hydrogen) atoms. The topological polar surface area (TPSA) is 69.6 Å². The maximum atomic E-state index is 12.4. The molecule has 2 saturated carbocycles. The van der Waals surface area contributed by atoms with E-state index in [0.717, 1.165) is 31.4 Å². The van der Waals surface area contributed by atoms with Crippen LogP contribution in [-0.4, -0.2) is 41.0 Å². The maximum absolute atomic E-state index is 12.4. The summed E-state index contributed by atoms with van der Waals surface area (Å²) < 4.78 is 0. The fourth-order valence-corrected chi connectivity index (χ4v) is 2.40. The van der Waals surface area contributed by atoms with E-state index in [9.17, 15) is 9.59 Å². The van der Waals surface area contributed by atoms with E-state index in [2.05, 4.69) is 5.32 Å². The zero-order valence-electron chi connectivity index (χ0n) is 11.9. The smallest absolute Gasteiger partial charge is 0.254 e. The van der Waals surface area contributed by atoms with Gasteiger partial charge in [0.25, 0.3) is 5.91 Å². The normalized spacial score (nSPS) is 17.4. The van der Waals surface area contributed by atoms with E-state index in [1.807, 2.05) is 0 Å². The molecule has 2 aliphatic rings. The minimum Gasteiger partial charge on any atom is -0.395 e. The van der Waals surface area contributed by atoms with Gasteiger partial charge in [0, 0.05) is 29.8 Å². The molecule has 0 aliphatic heterocycles. The summed E-state index contributed by atoms with van der Waals surface area (Å²) in [4.78, 5) is 25.8. The largest absolute Gasteiger partial charge is 0.395 e. The molecule has 0 unspecified atom stereocenters. The number of rotatable bonds is 6. The third kappa shape index (κ3) is 3.42. The number of hydrogen-bond acceptors (Lipinski definition) is 3. The van der Waals surface area contributed by atoms with Crippen LogP contribution < -0.4 is 5.32 Å². The minimum absolute atomic E-state index is 0.0161. The van der Waals surface area contributed by atoms with Gasteiger partial charge in [0.05, 0.1) is 6.61 Å². The molecule has 0 saturated heterocycles. The van der Waals surface area contributed by atoms with Gasteiger partial charge in [-0.15, -0.1) is 0 Å². The molecule has 1 aromatic rings. The molecule has 0 heterocycles. The third-order valence-electron chi connectivity index (χ3n) is 3.94. The first-order valence-electron chi connectivity index (χ1n) is 7.52. The summed E-state index contributed by atoms with van der Waals surface area (Å²) in [6.07, 6.45) is 3.97. The fourth-order valence-electron chi connectivity index (χ4n) is 2.40. The van der Waals surface area contributed by atoms with Crippen molar-refractivity contribution in [2.45, 2.75) is 31.7 Å². The van der Waals surface area contributed by atoms with E-state index in [-0.39, 0.29) is 30.4 Å². The van der Waals surface area contributed by atoms with Gasteiger partial charge in [0.1, 0.15) is 0 Å². The highest BCUT2D eigenvalue weighted by Crippen LogP contribution is 2.30. The van der Waals surface area contributed by atoms with Gasteiger partial charge >= 0.3 is 0 Å². The number of amides is 2. The minimum atomic E-state index is -0.0494. The molecule has 0 bridgehead atoms. The van der Waals surface area contributed by atoms with Crippen molar-refractivity contribution >= 4 is 17.5 Å². The number of hydrogen-bond donors (Lipinski definition) is 2. The lowest BCUT2D eigenvalue weighted by Crippen LogP contribution is -2.35. The van der Waals surface area contributed by atoms with Gasteiger partial charge in [-0.25, -0.2) is 0 Å². The molecule has 0 atom stereocenters. The maximum Gasteiger partial charge on any atom is 0.254 e. The molecular formula is C16H20N2O3. The summed E-state index contributed by atoms with van der Waals surface area (Å²) in [6, 6.07) is 7.27. The van der Waals surface area contributed by atoms with Crippen LogP contribution >= 0.6 is 0 Å². The number of nitrogens with zero attached hydrogens (tertiary/aromatic N) is 1. The Morgan fingerprint density at radius 3 is 2.33 bits per heavy atom. The van der Waals surface area contributed by atoms with Crippen molar-refractivity contribution in [2.75, 3.05) is 18.5 Å². The van der Waals surface area contributed by atoms with Crippen molar-refractivity contribution in [1.82, 2.24) is 4.90 Å². The lowest BCUT2D eigenvalue weighted by molar-refractivity contribution is -0.117. The Morgan fingerprint density at radius 2 is 1.81 bits per heavy atom. The van der Waals surface area contributed by atoms with Crippen molar-refractivity contribution in [3.8, 4) is 0 Å². The monoisotopic (exact) mass is 288 g/mol. The second-order valence-electron chi connectivity index (χ2n) is 5.79. The van der Waals surface area contributed by atoms with E-state index in [0.29, 0.717) is 12.1 Å². The number of benzene rings is 1. The number of aliphatic hydroxyl groups is 1. The Bertz CT molecular complexity index is 533. The van der Waals surface area contributed by atoms with Crippen LogP contribution in [0.25, 0.3) is 0 Å². The van der Waals surface area contributed by atoms with Crippen LogP contribution in [0.1, 0.15) is 36.0 Å². The standard InChI is InChI=1S/C16H20N2O3/c19-10-9-18(14-7-8-14)16(21)12-3-5-13(6-4-12)17-15(20)11-1-2-11/h3-6,11,14,19H,1-2,7-10H2,(H,17,20). The van der Waals surface area contributed by atoms with E-state index >= 15 is 0 Å². The summed E-state index contributed by atoms with van der Waals surface area (Å²) in [5.74, 6) is 0.182. The van der Waals surface area contributed by atoms with Crippen LogP contribution in [0.3, 0.4) is 0 Å². The first kappa shape index (κ1) is 14.1. The predicted octanol–water partition coefficient (Wildman–Crippen LogP) is 1.63. The SMILES string of the molecule is O=C(Nc1ccc(C(=O)N(CCO)C2CC2)cc1)C1CC1. The van der Waals surface area contributed by atoms with Crippen molar-refractivity contribution in [3.63, 3.8) is 0 Å². The first-order valence-corrected chi connectivity index (χ1v) is 7.52. The van der Waals surface area contributed by atoms with Crippen LogP contribution in [0.4, 0.5) is 5.69 Å². The molecule has 1 aromatic carbocycles. The molecule has 0 spiro atoms. The molecule has 0 aromatic heterocycles. The number of nitrogens with one attached hydrogen (secondary N) is 1. The van der Waals surface area contributed by atoms with E-state index in [1.54, 1.807) is 29.2 Å². The number of aliphatic hydroxyl groups excluding tert-OH is 1. The molecule has 3 rings (SSSR count). The fraction of sp³-hybridized carbons (Fsp3) is 0.500. The zero-order chi connectivity index (χ0) is 14.8. The molecule has 5 nitrogen and oxygen atoms in total. The molecule has 0 radical (unpaired) electrons. The summed E-state index contributed by atoms with van der Waals surface area (Å²) in [5, 5.41) is 11.9. The highest BCUT2D eigenvalue weighted by atomic mass is 16.3. The molecule has 5 heteroatoms.